The van der Waals surface area contributed by atoms with Gasteiger partial charge in [-0.15, -0.1) is 0 Å². The smallest absolute Gasteiger partial charge is 0.151 e. The number of fused-ring (bicyclic) bond motifs is 1. The number of allylic oxidation sites excluding steroid dienone is 1. The molecule has 0 spiro atoms. The van der Waals surface area contributed by atoms with Crippen molar-refractivity contribution >= 4 is 17.6 Å². The molecule has 0 bridgehead atoms. The van der Waals surface area contributed by atoms with Crippen LogP contribution in [0.2, 0.25) is 0 Å². The van der Waals surface area contributed by atoms with Crippen LogP contribution in [0, 0.1) is 18.3 Å². The molecule has 0 aliphatic heterocycles. The van der Waals surface area contributed by atoms with Gasteiger partial charge in [0.05, 0.1) is 5.56 Å². The van der Waals surface area contributed by atoms with E-state index in [1.54, 1.807) is 24.5 Å². The van der Waals surface area contributed by atoms with Crippen molar-refractivity contribution in [2.45, 2.75) is 26.2 Å². The van der Waals surface area contributed by atoms with Crippen LogP contribution in [0.3, 0.4) is 0 Å². The maximum absolute atomic E-state index is 8.80. The fraction of sp³-hybridized carbons (Fsp3) is 0.261. The highest BCUT2D eigenvalue weighted by atomic mass is 14.9. The standard InChI is InChI=1S/C23H25N5/c1-16-3-6-22-17(2)20(5-7-21(16)22)9-10-26-13-19(12-25)15-28-23-8-4-18(11-24)14-27-23/h4-5,7-8,12,14-15,26H,1,3,6,9-10,13,25H2,2H3. The number of hydrogen-bond acceptors (Lipinski definition) is 5. The number of nitrogens with zero attached hydrogens (tertiary/aromatic N) is 3. The number of aromatic nitrogens is 1. The summed E-state index contributed by atoms with van der Waals surface area (Å²) in [5.74, 6) is 0.550. The molecule has 1 aliphatic carbocycles. The van der Waals surface area contributed by atoms with Crippen molar-refractivity contribution < 1.29 is 0 Å². The van der Waals surface area contributed by atoms with E-state index in [0.717, 1.165) is 31.4 Å². The van der Waals surface area contributed by atoms with Gasteiger partial charge in [-0.25, -0.2) is 9.98 Å². The average molecular weight is 371 g/mol. The summed E-state index contributed by atoms with van der Waals surface area (Å²) in [6, 6.07) is 9.88. The first-order valence-corrected chi connectivity index (χ1v) is 9.43. The van der Waals surface area contributed by atoms with Crippen molar-refractivity contribution in [2.24, 2.45) is 10.7 Å². The fourth-order valence-corrected chi connectivity index (χ4v) is 3.42. The van der Waals surface area contributed by atoms with Crippen LogP contribution >= 0.6 is 0 Å². The summed E-state index contributed by atoms with van der Waals surface area (Å²) < 4.78 is 0. The number of pyridine rings is 1. The molecular formula is C23H25N5. The Labute approximate surface area is 166 Å². The Morgan fingerprint density at radius 2 is 2.21 bits per heavy atom. The van der Waals surface area contributed by atoms with Crippen LogP contribution in [0.15, 0.2) is 53.8 Å². The molecule has 3 N–H and O–H groups in total. The van der Waals surface area contributed by atoms with Crippen molar-refractivity contribution in [3.05, 3.63) is 76.6 Å². The molecule has 1 aliphatic rings. The number of nitriles is 1. The van der Waals surface area contributed by atoms with E-state index in [-0.39, 0.29) is 0 Å². The molecule has 1 aromatic carbocycles. The topological polar surface area (TPSA) is 87.1 Å². The van der Waals surface area contributed by atoms with E-state index in [1.165, 1.54) is 34.0 Å². The highest BCUT2D eigenvalue weighted by molar-refractivity contribution is 5.80. The summed E-state index contributed by atoms with van der Waals surface area (Å²) in [5, 5.41) is 12.2. The van der Waals surface area contributed by atoms with Crippen molar-refractivity contribution in [3.8, 4) is 6.07 Å². The van der Waals surface area contributed by atoms with Gasteiger partial charge in [-0.05, 0) is 84.5 Å². The van der Waals surface area contributed by atoms with Crippen molar-refractivity contribution in [3.63, 3.8) is 0 Å². The van der Waals surface area contributed by atoms with Crippen molar-refractivity contribution in [1.29, 1.82) is 5.26 Å². The van der Waals surface area contributed by atoms with E-state index in [4.69, 9.17) is 11.0 Å². The van der Waals surface area contributed by atoms with Crippen molar-refractivity contribution in [2.75, 3.05) is 13.1 Å². The van der Waals surface area contributed by atoms with Crippen LogP contribution < -0.4 is 11.1 Å². The minimum atomic E-state index is 0.515. The van der Waals surface area contributed by atoms with E-state index in [2.05, 4.69) is 40.9 Å². The predicted octanol–water partition coefficient (Wildman–Crippen LogP) is 3.60. The second-order valence-corrected chi connectivity index (χ2v) is 6.92. The molecule has 0 saturated heterocycles. The SMILES string of the molecule is C=C1CCc2c1ccc(CCNCC(C=Nc1ccc(C#N)cn1)=CN)c2C. The molecule has 0 radical (unpaired) electrons. The molecule has 0 saturated carbocycles. The molecule has 142 valence electrons. The van der Waals surface area contributed by atoms with Gasteiger partial charge in [-0.1, -0.05) is 18.7 Å². The van der Waals surface area contributed by atoms with Gasteiger partial charge in [0, 0.05) is 19.0 Å². The van der Waals surface area contributed by atoms with Gasteiger partial charge in [0.1, 0.15) is 6.07 Å². The lowest BCUT2D eigenvalue weighted by molar-refractivity contribution is 0.734. The lowest BCUT2D eigenvalue weighted by Gasteiger charge is -2.12. The van der Waals surface area contributed by atoms with Crippen LogP contribution in [0.5, 0.6) is 0 Å². The number of nitrogens with two attached hydrogens (primary N) is 1. The van der Waals surface area contributed by atoms with Crippen LogP contribution in [-0.4, -0.2) is 24.3 Å². The molecule has 28 heavy (non-hydrogen) atoms. The maximum atomic E-state index is 8.80. The Kier molecular flexibility index (Phi) is 6.36. The second-order valence-electron chi connectivity index (χ2n) is 6.92. The summed E-state index contributed by atoms with van der Waals surface area (Å²) >= 11 is 0. The van der Waals surface area contributed by atoms with Crippen LogP contribution in [-0.2, 0) is 12.8 Å². The molecule has 0 unspecified atom stereocenters. The quantitative estimate of drug-likeness (QED) is 0.575. The summed E-state index contributed by atoms with van der Waals surface area (Å²) in [6.07, 6.45) is 7.92. The minimum Gasteiger partial charge on any atom is -0.404 e. The first kappa shape index (κ1) is 19.5. The van der Waals surface area contributed by atoms with Gasteiger partial charge >= 0.3 is 0 Å². The zero-order valence-corrected chi connectivity index (χ0v) is 16.2. The molecule has 0 fully saturated rings. The van der Waals surface area contributed by atoms with E-state index in [0.29, 0.717) is 17.9 Å². The average Bonchev–Trinajstić information content (AvgIpc) is 3.11. The number of benzene rings is 1. The number of nitrogens with one attached hydrogen (secondary N) is 1. The monoisotopic (exact) mass is 371 g/mol. The predicted molar refractivity (Wildman–Crippen MR) is 114 cm³/mol. The summed E-state index contributed by atoms with van der Waals surface area (Å²) in [5.41, 5.74) is 14.0. The molecule has 3 rings (SSSR count). The normalized spacial score (nSPS) is 13.7. The van der Waals surface area contributed by atoms with E-state index in [1.807, 2.05) is 6.07 Å². The number of hydrogen-bond donors (Lipinski definition) is 2. The fourth-order valence-electron chi connectivity index (χ4n) is 3.42. The summed E-state index contributed by atoms with van der Waals surface area (Å²) in [7, 11) is 0. The Balaban J connectivity index is 1.51. The Bertz CT molecular complexity index is 962. The zero-order chi connectivity index (χ0) is 19.9. The Hall–Kier alpha value is -3.23. The van der Waals surface area contributed by atoms with Crippen LogP contribution in [0.4, 0.5) is 5.82 Å². The molecule has 2 aromatic rings. The molecular weight excluding hydrogens is 346 g/mol. The van der Waals surface area contributed by atoms with Gasteiger partial charge in [-0.2, -0.15) is 5.26 Å². The third kappa shape index (κ3) is 4.54. The largest absolute Gasteiger partial charge is 0.404 e. The highest BCUT2D eigenvalue weighted by Crippen LogP contribution is 2.34. The summed E-state index contributed by atoms with van der Waals surface area (Å²) in [4.78, 5) is 8.43. The highest BCUT2D eigenvalue weighted by Gasteiger charge is 2.17. The zero-order valence-electron chi connectivity index (χ0n) is 16.2. The first-order chi connectivity index (χ1) is 13.6. The second kappa shape index (κ2) is 9.12. The lowest BCUT2D eigenvalue weighted by Crippen LogP contribution is -2.21. The third-order valence-electron chi connectivity index (χ3n) is 5.12. The molecule has 1 aromatic heterocycles. The minimum absolute atomic E-state index is 0.515. The van der Waals surface area contributed by atoms with Crippen LogP contribution in [0.25, 0.3) is 5.57 Å². The molecule has 0 amide bonds. The number of rotatable bonds is 7. The van der Waals surface area contributed by atoms with Gasteiger partial charge in [0.25, 0.3) is 0 Å². The Morgan fingerprint density at radius 3 is 2.93 bits per heavy atom. The van der Waals surface area contributed by atoms with Gasteiger partial charge in [-0.3, -0.25) is 0 Å². The molecule has 0 atom stereocenters. The van der Waals surface area contributed by atoms with Gasteiger partial charge in [0.15, 0.2) is 5.82 Å². The summed E-state index contributed by atoms with van der Waals surface area (Å²) in [6.45, 7) is 7.87. The molecule has 5 heteroatoms. The van der Waals surface area contributed by atoms with Gasteiger partial charge in [0.2, 0.25) is 0 Å². The first-order valence-electron chi connectivity index (χ1n) is 9.43. The maximum Gasteiger partial charge on any atom is 0.151 e. The molecule has 1 heterocycles. The number of aliphatic imine (C=N–C) groups is 1. The lowest BCUT2D eigenvalue weighted by atomic mass is 9.96. The van der Waals surface area contributed by atoms with E-state index < -0.39 is 0 Å². The third-order valence-corrected chi connectivity index (χ3v) is 5.12. The van der Waals surface area contributed by atoms with E-state index in [9.17, 15) is 0 Å². The van der Waals surface area contributed by atoms with E-state index >= 15 is 0 Å². The van der Waals surface area contributed by atoms with Gasteiger partial charge < -0.3 is 11.1 Å². The molecule has 5 nitrogen and oxygen atoms in total. The van der Waals surface area contributed by atoms with Crippen molar-refractivity contribution in [1.82, 2.24) is 10.3 Å². The van der Waals surface area contributed by atoms with Crippen LogP contribution in [0.1, 0.15) is 34.2 Å². The Morgan fingerprint density at radius 1 is 1.36 bits per heavy atom.